The number of carbonyl (C=O) groups is 2. The summed E-state index contributed by atoms with van der Waals surface area (Å²) in [7, 11) is 0.941. The fourth-order valence-electron chi connectivity index (χ4n) is 8.42. The molecule has 268 valence electrons. The molecule has 1 spiro atoms. The van der Waals surface area contributed by atoms with E-state index in [-0.39, 0.29) is 36.2 Å². The number of amides is 2. The van der Waals surface area contributed by atoms with E-state index in [4.69, 9.17) is 18.9 Å². The maximum Gasteiger partial charge on any atom is 0.414 e. The highest BCUT2D eigenvalue weighted by molar-refractivity contribution is 6.91. The first-order chi connectivity index (χ1) is 24.6. The highest BCUT2D eigenvalue weighted by atomic mass is 28.3. The van der Waals surface area contributed by atoms with Crippen LogP contribution in [-0.2, 0) is 39.4 Å². The fourth-order valence-corrected chi connectivity index (χ4v) is 12.5. The van der Waals surface area contributed by atoms with Gasteiger partial charge in [0.25, 0.3) is 5.91 Å². The van der Waals surface area contributed by atoms with Crippen LogP contribution in [0.3, 0.4) is 0 Å². The van der Waals surface area contributed by atoms with Crippen LogP contribution in [0.25, 0.3) is 0 Å². The van der Waals surface area contributed by atoms with E-state index >= 15 is 4.79 Å². The average Bonchev–Trinajstić information content (AvgIpc) is 3.90. The number of aliphatic hydroxyl groups is 1. The maximum absolute atomic E-state index is 15.2. The summed E-state index contributed by atoms with van der Waals surface area (Å²) in [5.41, 5.74) is 2.72. The standard InChI is InChI=1S/C38H45N5O7Si/c1-25-35(51(4,5)31-12-9-29(47-2)10-13-31)34(15-17-41-24-27(16-19-44)39-40-41)50-38(25)32-22-30(48-3)11-14-33(32)43(36(38)45)23-26-7-6-8-28(21-26)42-18-20-49-37(42)46/h6-14,21-22,24-25,34-35,44H,15-20,23H2,1-5H3/t25-,34+,35-,38+/m0/s1. The zero-order valence-electron chi connectivity index (χ0n) is 29.7. The molecule has 4 aromatic rings. The predicted molar refractivity (Wildman–Crippen MR) is 194 cm³/mol. The average molecular weight is 712 g/mol. The molecule has 2 saturated heterocycles. The first-order valence-corrected chi connectivity index (χ1v) is 20.5. The van der Waals surface area contributed by atoms with Crippen LogP contribution in [0.4, 0.5) is 16.2 Å². The highest BCUT2D eigenvalue weighted by Gasteiger charge is 2.66. The smallest absolute Gasteiger partial charge is 0.414 e. The second-order valence-corrected chi connectivity index (χ2v) is 18.8. The van der Waals surface area contributed by atoms with Crippen molar-refractivity contribution in [1.82, 2.24) is 15.0 Å². The minimum atomic E-state index is -2.36. The van der Waals surface area contributed by atoms with Crippen molar-refractivity contribution in [3.63, 3.8) is 0 Å². The topological polar surface area (TPSA) is 128 Å². The molecule has 3 aliphatic rings. The number of cyclic esters (lactones) is 1. The van der Waals surface area contributed by atoms with Crippen LogP contribution in [0.5, 0.6) is 11.5 Å². The summed E-state index contributed by atoms with van der Waals surface area (Å²) in [5.74, 6) is 1.15. The van der Waals surface area contributed by atoms with Gasteiger partial charge in [0, 0.05) is 42.9 Å². The van der Waals surface area contributed by atoms with E-state index < -0.39 is 13.7 Å². The normalized spacial score (nSPS) is 22.9. The molecule has 51 heavy (non-hydrogen) atoms. The van der Waals surface area contributed by atoms with E-state index in [1.165, 1.54) is 5.19 Å². The fraction of sp³-hybridized carbons (Fsp3) is 0.421. The van der Waals surface area contributed by atoms with Crippen molar-refractivity contribution in [1.29, 1.82) is 0 Å². The van der Waals surface area contributed by atoms with Crippen LogP contribution in [0, 0.1) is 5.92 Å². The number of aromatic nitrogens is 3. The third-order valence-electron chi connectivity index (χ3n) is 11.0. The third-order valence-corrected chi connectivity index (χ3v) is 15.3. The van der Waals surface area contributed by atoms with Crippen LogP contribution in [0.1, 0.15) is 30.2 Å². The zero-order valence-corrected chi connectivity index (χ0v) is 30.7. The monoisotopic (exact) mass is 711 g/mol. The number of benzene rings is 3. The SMILES string of the molecule is COc1ccc([Si](C)(C)[C@@H]2[C@@H](CCn3cc(CCO)nn3)O[C@]3(C(=O)N(Cc4cccc(N5CCOC5=O)c4)c4ccc(OC)cc43)[C@H]2C)cc1. The number of nitrogens with zero attached hydrogens (tertiary/aromatic N) is 5. The molecular weight excluding hydrogens is 667 g/mol. The van der Waals surface area contributed by atoms with E-state index in [1.807, 2.05) is 65.7 Å². The number of rotatable bonds is 12. The Balaban J connectivity index is 1.28. The molecule has 7 rings (SSSR count). The summed E-state index contributed by atoms with van der Waals surface area (Å²) >= 11 is 0. The van der Waals surface area contributed by atoms with E-state index in [2.05, 4.69) is 42.5 Å². The van der Waals surface area contributed by atoms with Gasteiger partial charge in [-0.05, 0) is 60.0 Å². The molecule has 0 unspecified atom stereocenters. The third kappa shape index (κ3) is 6.06. The van der Waals surface area contributed by atoms with Gasteiger partial charge in [0.15, 0.2) is 5.60 Å². The van der Waals surface area contributed by atoms with Crippen molar-refractivity contribution in [2.75, 3.05) is 43.8 Å². The van der Waals surface area contributed by atoms with Gasteiger partial charge >= 0.3 is 6.09 Å². The van der Waals surface area contributed by atoms with Crippen molar-refractivity contribution in [2.24, 2.45) is 5.92 Å². The lowest BCUT2D eigenvalue weighted by Crippen LogP contribution is -2.51. The summed E-state index contributed by atoms with van der Waals surface area (Å²) in [6.45, 7) is 8.57. The van der Waals surface area contributed by atoms with Crippen molar-refractivity contribution in [2.45, 2.75) is 63.2 Å². The van der Waals surface area contributed by atoms with Gasteiger partial charge in [-0.15, -0.1) is 5.10 Å². The second kappa shape index (κ2) is 13.8. The maximum atomic E-state index is 15.2. The van der Waals surface area contributed by atoms with Gasteiger partial charge in [0.2, 0.25) is 0 Å². The van der Waals surface area contributed by atoms with Gasteiger partial charge in [-0.2, -0.15) is 0 Å². The molecule has 12 nitrogen and oxygen atoms in total. The van der Waals surface area contributed by atoms with Crippen LogP contribution in [0.15, 0.2) is 72.9 Å². The van der Waals surface area contributed by atoms with Crippen molar-refractivity contribution in [3.05, 3.63) is 89.7 Å². The molecule has 1 aromatic heterocycles. The van der Waals surface area contributed by atoms with Gasteiger partial charge in [-0.25, -0.2) is 4.79 Å². The van der Waals surface area contributed by atoms with Crippen molar-refractivity contribution in [3.8, 4) is 11.5 Å². The van der Waals surface area contributed by atoms with Gasteiger partial charge in [0.05, 0.1) is 52.9 Å². The first kappa shape index (κ1) is 34.7. The number of carbonyl (C=O) groups excluding carboxylic acids is 2. The number of ether oxygens (including phenoxy) is 4. The summed E-state index contributed by atoms with van der Waals surface area (Å²) in [6, 6.07) is 21.8. The Morgan fingerprint density at radius 2 is 1.78 bits per heavy atom. The Morgan fingerprint density at radius 3 is 2.49 bits per heavy atom. The van der Waals surface area contributed by atoms with Crippen LogP contribution in [-0.4, -0.2) is 80.3 Å². The number of fused-ring (bicyclic) bond motifs is 2. The number of aliphatic hydroxyl groups excluding tert-OH is 1. The zero-order chi connectivity index (χ0) is 35.9. The lowest BCUT2D eigenvalue weighted by Gasteiger charge is -2.37. The molecule has 2 fully saturated rings. The van der Waals surface area contributed by atoms with E-state index in [1.54, 1.807) is 23.8 Å². The van der Waals surface area contributed by atoms with Crippen molar-refractivity contribution < 1.29 is 33.6 Å². The quantitative estimate of drug-likeness (QED) is 0.209. The molecule has 0 bridgehead atoms. The molecule has 0 saturated carbocycles. The lowest BCUT2D eigenvalue weighted by molar-refractivity contribution is -0.146. The molecule has 0 radical (unpaired) electrons. The molecule has 13 heteroatoms. The Labute approximate surface area is 298 Å². The van der Waals surface area contributed by atoms with Gasteiger partial charge < -0.3 is 29.0 Å². The molecule has 0 aliphatic carbocycles. The van der Waals surface area contributed by atoms with Crippen molar-refractivity contribution >= 4 is 36.6 Å². The minimum Gasteiger partial charge on any atom is -0.497 e. The molecule has 2 amide bonds. The Kier molecular flexibility index (Phi) is 9.38. The predicted octanol–water partition coefficient (Wildman–Crippen LogP) is 4.64. The molecule has 3 aromatic carbocycles. The number of hydrogen-bond donors (Lipinski definition) is 1. The van der Waals surface area contributed by atoms with E-state index in [0.29, 0.717) is 44.8 Å². The largest absolute Gasteiger partial charge is 0.497 e. The Hall–Kier alpha value is -4.72. The van der Waals surface area contributed by atoms with Crippen LogP contribution >= 0.6 is 0 Å². The summed E-state index contributed by atoms with van der Waals surface area (Å²) < 4.78 is 25.5. The van der Waals surface area contributed by atoms with Gasteiger partial charge in [-0.1, -0.05) is 54.7 Å². The molecule has 4 atom stereocenters. The minimum absolute atomic E-state index is 0.00472. The van der Waals surface area contributed by atoms with E-state index in [9.17, 15) is 9.90 Å². The number of hydrogen-bond acceptors (Lipinski definition) is 9. The number of methoxy groups -OCH3 is 2. The van der Waals surface area contributed by atoms with Crippen LogP contribution in [0.2, 0.25) is 18.6 Å². The van der Waals surface area contributed by atoms with E-state index in [0.717, 1.165) is 33.9 Å². The Bertz CT molecular complexity index is 1920. The summed E-state index contributed by atoms with van der Waals surface area (Å²) in [5, 5.41) is 19.2. The molecule has 3 aliphatic heterocycles. The molecular formula is C38H45N5O7Si. The number of anilines is 2. The molecule has 1 N–H and O–H groups in total. The van der Waals surface area contributed by atoms with Gasteiger partial charge in [-0.3, -0.25) is 14.4 Å². The van der Waals surface area contributed by atoms with Crippen LogP contribution < -0.4 is 24.5 Å². The van der Waals surface area contributed by atoms with Gasteiger partial charge in [0.1, 0.15) is 18.1 Å². The summed E-state index contributed by atoms with van der Waals surface area (Å²) in [4.78, 5) is 31.0. The number of aryl methyl sites for hydroxylation is 1. The Morgan fingerprint density at radius 1 is 1.02 bits per heavy atom. The highest BCUT2D eigenvalue weighted by Crippen LogP contribution is 2.60. The summed E-state index contributed by atoms with van der Waals surface area (Å²) in [6.07, 6.45) is 2.27. The second-order valence-electron chi connectivity index (χ2n) is 14.1. The molecule has 4 heterocycles. The lowest BCUT2D eigenvalue weighted by atomic mass is 9.82. The first-order valence-electron chi connectivity index (χ1n) is 17.5.